The van der Waals surface area contributed by atoms with Crippen molar-refractivity contribution in [3.8, 4) is 11.5 Å². The van der Waals surface area contributed by atoms with Gasteiger partial charge in [0.1, 0.15) is 5.82 Å². The molecule has 0 amide bonds. The number of benzene rings is 1. The number of alkyl halides is 3. The Morgan fingerprint density at radius 1 is 1.04 bits per heavy atom. The first-order valence-corrected chi connectivity index (χ1v) is 8.93. The Labute approximate surface area is 159 Å². The average Bonchev–Trinajstić information content (AvgIpc) is 3.17. The molecule has 3 aromatic rings. The summed E-state index contributed by atoms with van der Waals surface area (Å²) in [5.74, 6) is 1.44. The van der Waals surface area contributed by atoms with E-state index in [1.54, 1.807) is 0 Å². The van der Waals surface area contributed by atoms with E-state index in [0.29, 0.717) is 30.7 Å². The summed E-state index contributed by atoms with van der Waals surface area (Å²) >= 11 is 0. The van der Waals surface area contributed by atoms with Crippen LogP contribution in [0.25, 0.3) is 11.5 Å². The van der Waals surface area contributed by atoms with Gasteiger partial charge in [-0.1, -0.05) is 18.2 Å². The normalized spacial score (nSPS) is 15.6. The largest absolute Gasteiger partial charge is 0.417 e. The second kappa shape index (κ2) is 7.49. The lowest BCUT2D eigenvalue weighted by Crippen LogP contribution is -2.39. The van der Waals surface area contributed by atoms with E-state index in [2.05, 4.69) is 20.4 Å². The minimum atomic E-state index is -4.37. The Kier molecular flexibility index (Phi) is 4.89. The van der Waals surface area contributed by atoms with Crippen LogP contribution in [0.2, 0.25) is 0 Å². The molecule has 9 heteroatoms. The molecule has 0 radical (unpaired) electrons. The van der Waals surface area contributed by atoms with Gasteiger partial charge >= 0.3 is 6.18 Å². The first kappa shape index (κ1) is 18.3. The molecule has 146 valence electrons. The summed E-state index contributed by atoms with van der Waals surface area (Å²) in [4.78, 5) is 10.3. The fraction of sp³-hybridized carbons (Fsp3) is 0.316. The molecule has 2 aromatic heterocycles. The second-order valence-electron chi connectivity index (χ2n) is 6.60. The van der Waals surface area contributed by atoms with E-state index in [4.69, 9.17) is 4.52 Å². The summed E-state index contributed by atoms with van der Waals surface area (Å²) in [7, 11) is 0. The van der Waals surface area contributed by atoms with Gasteiger partial charge in [-0.15, -0.1) is 0 Å². The van der Waals surface area contributed by atoms with Crippen LogP contribution in [-0.4, -0.2) is 34.3 Å². The molecule has 0 spiro atoms. The molecule has 0 bridgehead atoms. The van der Waals surface area contributed by atoms with E-state index in [9.17, 15) is 13.2 Å². The summed E-state index contributed by atoms with van der Waals surface area (Å²) in [6, 6.07) is 12.2. The molecule has 1 saturated heterocycles. The monoisotopic (exact) mass is 389 g/mol. The molecule has 1 aliphatic rings. The van der Waals surface area contributed by atoms with E-state index >= 15 is 0 Å². The molecular formula is C19H18F3N5O. The van der Waals surface area contributed by atoms with Crippen molar-refractivity contribution in [3.63, 3.8) is 0 Å². The molecule has 3 heterocycles. The lowest BCUT2D eigenvalue weighted by atomic mass is 10.1. The number of halogens is 3. The summed E-state index contributed by atoms with van der Waals surface area (Å²) in [6.45, 7) is 1.36. The number of piperidine rings is 1. The molecule has 0 atom stereocenters. The standard InChI is InChI=1S/C19H18F3N5O/c20-19(21,22)14-6-7-16(23-12-14)27-10-8-15(9-11-27)24-18-25-17(28-26-18)13-4-2-1-3-5-13/h1-7,12,15H,8-11H2,(H,24,26). The molecule has 28 heavy (non-hydrogen) atoms. The zero-order chi connectivity index (χ0) is 19.6. The fourth-order valence-corrected chi connectivity index (χ4v) is 3.16. The summed E-state index contributed by atoms with van der Waals surface area (Å²) in [6.07, 6.45) is -1.91. The van der Waals surface area contributed by atoms with E-state index in [-0.39, 0.29) is 6.04 Å². The molecule has 6 nitrogen and oxygen atoms in total. The van der Waals surface area contributed by atoms with Crippen molar-refractivity contribution in [1.82, 2.24) is 15.1 Å². The lowest BCUT2D eigenvalue weighted by Gasteiger charge is -2.32. The third-order valence-electron chi connectivity index (χ3n) is 4.67. The lowest BCUT2D eigenvalue weighted by molar-refractivity contribution is -0.137. The van der Waals surface area contributed by atoms with Crippen molar-refractivity contribution in [2.24, 2.45) is 0 Å². The van der Waals surface area contributed by atoms with Gasteiger partial charge in [-0.05, 0) is 42.3 Å². The van der Waals surface area contributed by atoms with Crippen LogP contribution in [0.1, 0.15) is 18.4 Å². The molecule has 0 saturated carbocycles. The molecule has 1 N–H and O–H groups in total. The average molecular weight is 389 g/mol. The van der Waals surface area contributed by atoms with Crippen molar-refractivity contribution in [1.29, 1.82) is 0 Å². The first-order valence-electron chi connectivity index (χ1n) is 8.93. The van der Waals surface area contributed by atoms with Crippen LogP contribution in [0.5, 0.6) is 0 Å². The Morgan fingerprint density at radius 2 is 1.79 bits per heavy atom. The van der Waals surface area contributed by atoms with Gasteiger partial charge in [0.15, 0.2) is 0 Å². The zero-order valence-electron chi connectivity index (χ0n) is 14.9. The van der Waals surface area contributed by atoms with Crippen LogP contribution in [0.15, 0.2) is 53.2 Å². The molecular weight excluding hydrogens is 371 g/mol. The third kappa shape index (κ3) is 4.08. The highest BCUT2D eigenvalue weighted by Crippen LogP contribution is 2.30. The fourth-order valence-electron chi connectivity index (χ4n) is 3.16. The molecule has 1 aromatic carbocycles. The maximum Gasteiger partial charge on any atom is 0.417 e. The van der Waals surface area contributed by atoms with Crippen molar-refractivity contribution in [2.75, 3.05) is 23.3 Å². The number of aromatic nitrogens is 3. The highest BCUT2D eigenvalue weighted by Gasteiger charge is 2.31. The van der Waals surface area contributed by atoms with Crippen LogP contribution < -0.4 is 10.2 Å². The zero-order valence-corrected chi connectivity index (χ0v) is 14.9. The summed E-state index contributed by atoms with van der Waals surface area (Å²) in [5.41, 5.74) is 0.116. The molecule has 0 aliphatic carbocycles. The van der Waals surface area contributed by atoms with Gasteiger partial charge < -0.3 is 14.7 Å². The van der Waals surface area contributed by atoms with Gasteiger partial charge in [0.05, 0.1) is 5.56 Å². The summed E-state index contributed by atoms with van der Waals surface area (Å²) < 4.78 is 43.2. The van der Waals surface area contributed by atoms with Crippen LogP contribution in [0.4, 0.5) is 24.9 Å². The number of rotatable bonds is 4. The van der Waals surface area contributed by atoms with Crippen LogP contribution in [0.3, 0.4) is 0 Å². The Hall–Kier alpha value is -3.10. The maximum atomic E-state index is 12.6. The summed E-state index contributed by atoms with van der Waals surface area (Å²) in [5, 5.41) is 7.23. The van der Waals surface area contributed by atoms with Crippen LogP contribution in [-0.2, 0) is 6.18 Å². The Balaban J connectivity index is 1.33. The van der Waals surface area contributed by atoms with Crippen molar-refractivity contribution < 1.29 is 17.7 Å². The number of hydrogen-bond donors (Lipinski definition) is 1. The van der Waals surface area contributed by atoms with Crippen molar-refractivity contribution >= 4 is 11.8 Å². The minimum absolute atomic E-state index is 0.159. The number of pyridine rings is 1. The predicted molar refractivity (Wildman–Crippen MR) is 97.8 cm³/mol. The van der Waals surface area contributed by atoms with E-state index < -0.39 is 11.7 Å². The highest BCUT2D eigenvalue weighted by atomic mass is 19.4. The van der Waals surface area contributed by atoms with E-state index in [0.717, 1.165) is 30.7 Å². The van der Waals surface area contributed by atoms with Gasteiger partial charge in [0.2, 0.25) is 0 Å². The topological polar surface area (TPSA) is 67.1 Å². The highest BCUT2D eigenvalue weighted by molar-refractivity contribution is 5.53. The Bertz CT molecular complexity index is 903. The maximum absolute atomic E-state index is 12.6. The van der Waals surface area contributed by atoms with Crippen molar-refractivity contribution in [2.45, 2.75) is 25.1 Å². The molecule has 4 rings (SSSR count). The third-order valence-corrected chi connectivity index (χ3v) is 4.67. The number of nitrogens with zero attached hydrogens (tertiary/aromatic N) is 4. The predicted octanol–water partition coefficient (Wildman–Crippen LogP) is 4.23. The van der Waals surface area contributed by atoms with Crippen molar-refractivity contribution in [3.05, 3.63) is 54.2 Å². The van der Waals surface area contributed by atoms with Gasteiger partial charge in [0, 0.05) is 30.9 Å². The van der Waals surface area contributed by atoms with Gasteiger partial charge in [-0.2, -0.15) is 18.2 Å². The Morgan fingerprint density at radius 3 is 2.43 bits per heavy atom. The van der Waals surface area contributed by atoms with E-state index in [1.807, 2.05) is 35.2 Å². The number of nitrogens with one attached hydrogen (secondary N) is 1. The minimum Gasteiger partial charge on any atom is -0.356 e. The van der Waals surface area contributed by atoms with Crippen LogP contribution in [0, 0.1) is 0 Å². The van der Waals surface area contributed by atoms with Crippen LogP contribution >= 0.6 is 0 Å². The first-order chi connectivity index (χ1) is 13.5. The molecule has 1 aliphatic heterocycles. The number of hydrogen-bond acceptors (Lipinski definition) is 6. The van der Waals surface area contributed by atoms with E-state index in [1.165, 1.54) is 6.07 Å². The number of anilines is 2. The quantitative estimate of drug-likeness (QED) is 0.720. The second-order valence-corrected chi connectivity index (χ2v) is 6.60. The molecule has 0 unspecified atom stereocenters. The van der Waals surface area contributed by atoms with Gasteiger partial charge in [0.25, 0.3) is 11.8 Å². The van der Waals surface area contributed by atoms with Gasteiger partial charge in [-0.25, -0.2) is 4.98 Å². The molecule has 1 fully saturated rings. The smallest absolute Gasteiger partial charge is 0.356 e. The van der Waals surface area contributed by atoms with Gasteiger partial charge in [-0.3, -0.25) is 0 Å². The SMILES string of the molecule is FC(F)(F)c1ccc(N2CCC(Nc3noc(-c4ccccc4)n3)CC2)nc1.